The molecule has 176 valence electrons. The van der Waals surface area contributed by atoms with Gasteiger partial charge in [0, 0.05) is 83.3 Å². The molecular formula is C25H19N9O2. The van der Waals surface area contributed by atoms with Crippen LogP contribution in [-0.2, 0) is 0 Å². The highest BCUT2D eigenvalue weighted by molar-refractivity contribution is 5.91. The van der Waals surface area contributed by atoms with Crippen molar-refractivity contribution in [1.82, 2.24) is 34.9 Å². The Morgan fingerprint density at radius 1 is 0.722 bits per heavy atom. The van der Waals surface area contributed by atoms with Gasteiger partial charge < -0.3 is 30.2 Å². The summed E-state index contributed by atoms with van der Waals surface area (Å²) in [4.78, 5) is 52.4. The predicted molar refractivity (Wildman–Crippen MR) is 136 cm³/mol. The van der Waals surface area contributed by atoms with Crippen molar-refractivity contribution in [3.63, 3.8) is 0 Å². The molecule has 0 fully saturated rings. The molecule has 11 heteroatoms. The number of nitrogens with one attached hydrogen (secondary N) is 6. The third kappa shape index (κ3) is 4.12. The molecule has 0 saturated carbocycles. The molecule has 0 unspecified atom stereocenters. The Hall–Kier alpha value is -5.45. The first kappa shape index (κ1) is 21.1. The van der Waals surface area contributed by atoms with E-state index < -0.39 is 0 Å². The van der Waals surface area contributed by atoms with Gasteiger partial charge >= 0.3 is 0 Å². The number of aromatic amines is 5. The van der Waals surface area contributed by atoms with Gasteiger partial charge in [-0.25, -0.2) is 15.0 Å². The molecule has 0 atom stereocenters. The normalized spacial score (nSPS) is 11.7. The molecule has 6 N–H and O–H groups in total. The quantitative estimate of drug-likeness (QED) is 0.224. The SMILES string of the molecule is O=c1cc[nH]c(-c2c[nH]c(/N=c3\ncnc(Nc4cc(-c5cc(=O)cc[nH]5)c[nH]4)c4c[nH]cc34)c2)c1. The van der Waals surface area contributed by atoms with Crippen LogP contribution in [-0.4, -0.2) is 34.9 Å². The number of nitrogens with zero attached hydrogens (tertiary/aromatic N) is 3. The molecule has 0 aliphatic heterocycles. The molecule has 0 amide bonds. The topological polar surface area (TPSA) is 163 Å². The van der Waals surface area contributed by atoms with Gasteiger partial charge in [0.15, 0.2) is 16.3 Å². The summed E-state index contributed by atoms with van der Waals surface area (Å²) in [5.41, 5.74) is 3.35. The van der Waals surface area contributed by atoms with Gasteiger partial charge in [0.05, 0.1) is 11.4 Å². The molecule has 0 saturated heterocycles. The number of aromatic nitrogens is 7. The summed E-state index contributed by atoms with van der Waals surface area (Å²) in [5, 5.41) is 4.83. The van der Waals surface area contributed by atoms with Crippen molar-refractivity contribution >= 4 is 28.2 Å². The molecule has 6 aromatic heterocycles. The maximum absolute atomic E-state index is 11.7. The van der Waals surface area contributed by atoms with E-state index in [2.05, 4.69) is 45.2 Å². The van der Waals surface area contributed by atoms with E-state index in [4.69, 9.17) is 0 Å². The average Bonchev–Trinajstić information content (AvgIpc) is 3.62. The standard InChI is InChI=1S/C25H19N9O2/c35-16-1-3-27-20(7-16)14-5-22(29-9-14)33-24-18-11-26-12-19(18)25(32-13-31-24)34-23-6-15(10-30-23)21-8-17(36)2-4-28-21/h1-13,26,29-30H,(H,27,35)(H,28,36)(H,31,32,33,34). The van der Waals surface area contributed by atoms with Crippen molar-refractivity contribution in [3.8, 4) is 22.5 Å². The number of anilines is 2. The van der Waals surface area contributed by atoms with Gasteiger partial charge in [-0.2, -0.15) is 0 Å². The van der Waals surface area contributed by atoms with E-state index >= 15 is 0 Å². The van der Waals surface area contributed by atoms with E-state index in [1.165, 1.54) is 30.6 Å². The van der Waals surface area contributed by atoms with Crippen molar-refractivity contribution in [1.29, 1.82) is 0 Å². The van der Waals surface area contributed by atoms with Crippen LogP contribution >= 0.6 is 0 Å². The number of hydrogen-bond acceptors (Lipinski definition) is 6. The lowest BCUT2D eigenvalue weighted by Crippen LogP contribution is -2.03. The molecule has 0 aromatic carbocycles. The highest BCUT2D eigenvalue weighted by atomic mass is 16.1. The van der Waals surface area contributed by atoms with Crippen molar-refractivity contribution < 1.29 is 0 Å². The molecule has 11 nitrogen and oxygen atoms in total. The number of rotatable bonds is 5. The molecule has 0 aliphatic carbocycles. The summed E-state index contributed by atoms with van der Waals surface area (Å²) in [6.45, 7) is 0. The van der Waals surface area contributed by atoms with Gasteiger partial charge in [-0.15, -0.1) is 0 Å². The Balaban J connectivity index is 1.35. The minimum Gasteiger partial charge on any atom is -0.366 e. The minimum absolute atomic E-state index is 0.0705. The molecule has 6 heterocycles. The number of pyridine rings is 2. The summed E-state index contributed by atoms with van der Waals surface area (Å²) in [6, 6.07) is 9.72. The van der Waals surface area contributed by atoms with Crippen LogP contribution in [0.4, 0.5) is 17.5 Å². The summed E-state index contributed by atoms with van der Waals surface area (Å²) in [7, 11) is 0. The summed E-state index contributed by atoms with van der Waals surface area (Å²) < 4.78 is 0. The summed E-state index contributed by atoms with van der Waals surface area (Å²) in [5.74, 6) is 1.85. The van der Waals surface area contributed by atoms with Gasteiger partial charge in [0.2, 0.25) is 0 Å². The van der Waals surface area contributed by atoms with Gasteiger partial charge in [0.25, 0.3) is 0 Å². The van der Waals surface area contributed by atoms with Crippen LogP contribution in [0.1, 0.15) is 0 Å². The van der Waals surface area contributed by atoms with E-state index in [0.29, 0.717) is 34.3 Å². The van der Waals surface area contributed by atoms with E-state index in [9.17, 15) is 9.59 Å². The Labute approximate surface area is 202 Å². The third-order valence-electron chi connectivity index (χ3n) is 5.61. The fourth-order valence-electron chi connectivity index (χ4n) is 3.90. The Bertz CT molecular complexity index is 1890. The molecule has 36 heavy (non-hydrogen) atoms. The van der Waals surface area contributed by atoms with Crippen LogP contribution in [0.5, 0.6) is 0 Å². The maximum atomic E-state index is 11.7. The zero-order valence-corrected chi connectivity index (χ0v) is 18.7. The molecule has 0 aliphatic rings. The second kappa shape index (κ2) is 8.72. The minimum atomic E-state index is -0.0773. The van der Waals surface area contributed by atoms with Crippen molar-refractivity contribution in [2.24, 2.45) is 4.99 Å². The zero-order valence-electron chi connectivity index (χ0n) is 18.7. The molecule has 6 rings (SSSR count). The van der Waals surface area contributed by atoms with Crippen LogP contribution in [0.3, 0.4) is 0 Å². The zero-order chi connectivity index (χ0) is 24.5. The highest BCUT2D eigenvalue weighted by Crippen LogP contribution is 2.25. The first-order valence-corrected chi connectivity index (χ1v) is 11.0. The maximum Gasteiger partial charge on any atom is 0.182 e. The summed E-state index contributed by atoms with van der Waals surface area (Å²) in [6.07, 6.45) is 11.9. The Morgan fingerprint density at radius 3 is 2.17 bits per heavy atom. The first-order chi connectivity index (χ1) is 17.6. The molecular weight excluding hydrogens is 458 g/mol. The van der Waals surface area contributed by atoms with Gasteiger partial charge in [0.1, 0.15) is 23.8 Å². The number of H-pyrrole nitrogens is 5. The molecule has 0 bridgehead atoms. The van der Waals surface area contributed by atoms with Gasteiger partial charge in [-0.05, 0) is 12.1 Å². The smallest absolute Gasteiger partial charge is 0.182 e. The monoisotopic (exact) mass is 477 g/mol. The molecule has 6 aromatic rings. The highest BCUT2D eigenvalue weighted by Gasteiger charge is 2.09. The van der Waals surface area contributed by atoms with Crippen LogP contribution < -0.4 is 21.7 Å². The lowest BCUT2D eigenvalue weighted by Gasteiger charge is -2.01. The average molecular weight is 477 g/mol. The van der Waals surface area contributed by atoms with Crippen LogP contribution in [0.2, 0.25) is 0 Å². The molecule has 0 spiro atoms. The third-order valence-corrected chi connectivity index (χ3v) is 5.61. The number of fused-ring (bicyclic) bond motifs is 1. The Kier molecular flexibility index (Phi) is 5.11. The second-order valence-corrected chi connectivity index (χ2v) is 8.02. The lowest BCUT2D eigenvalue weighted by molar-refractivity contribution is 1.12. The van der Waals surface area contributed by atoms with Crippen LogP contribution in [0.15, 0.2) is 94.5 Å². The lowest BCUT2D eigenvalue weighted by atomic mass is 10.2. The Morgan fingerprint density at radius 2 is 1.42 bits per heavy atom. The van der Waals surface area contributed by atoms with Crippen molar-refractivity contribution in [3.05, 3.63) is 106 Å². The fraction of sp³-hybridized carbons (Fsp3) is 0. The van der Waals surface area contributed by atoms with E-state index in [1.807, 2.05) is 18.3 Å². The van der Waals surface area contributed by atoms with Crippen molar-refractivity contribution in [2.45, 2.75) is 0 Å². The second-order valence-electron chi connectivity index (χ2n) is 8.02. The van der Waals surface area contributed by atoms with Crippen LogP contribution in [0.25, 0.3) is 33.3 Å². The van der Waals surface area contributed by atoms with Crippen molar-refractivity contribution in [2.75, 3.05) is 5.32 Å². The number of hydrogen-bond donors (Lipinski definition) is 6. The van der Waals surface area contributed by atoms with E-state index in [1.54, 1.807) is 31.0 Å². The first-order valence-electron chi connectivity index (χ1n) is 11.0. The predicted octanol–water partition coefficient (Wildman–Crippen LogP) is 3.30. The van der Waals surface area contributed by atoms with Gasteiger partial charge in [-0.3, -0.25) is 9.59 Å². The fourth-order valence-corrected chi connectivity index (χ4v) is 3.90. The van der Waals surface area contributed by atoms with E-state index in [0.717, 1.165) is 21.9 Å². The summed E-state index contributed by atoms with van der Waals surface area (Å²) >= 11 is 0. The van der Waals surface area contributed by atoms with Crippen LogP contribution in [0, 0.1) is 0 Å². The van der Waals surface area contributed by atoms with E-state index in [-0.39, 0.29) is 10.9 Å². The van der Waals surface area contributed by atoms with Gasteiger partial charge in [-0.1, -0.05) is 0 Å². The molecule has 0 radical (unpaired) electrons. The largest absolute Gasteiger partial charge is 0.366 e.